The molecule has 0 fully saturated rings. The number of aliphatic hydroxyl groups excluding tert-OH is 2. The van der Waals surface area contributed by atoms with Crippen LogP contribution in [0.4, 0.5) is 0 Å². The number of nitrogens with one attached hydrogen (secondary N) is 1. The minimum absolute atomic E-state index is 0.0487. The van der Waals surface area contributed by atoms with Crippen LogP contribution in [-0.2, 0) is 14.3 Å². The topological polar surface area (TPSA) is 95.9 Å². The highest BCUT2D eigenvalue weighted by Gasteiger charge is 2.24. The summed E-state index contributed by atoms with van der Waals surface area (Å²) in [7, 11) is 0. The fourth-order valence-electron chi connectivity index (χ4n) is 8.66. The van der Waals surface area contributed by atoms with Crippen molar-refractivity contribution in [3.63, 3.8) is 0 Å². The molecule has 0 radical (unpaired) electrons. The molecule has 3 atom stereocenters. The van der Waals surface area contributed by atoms with E-state index in [1.807, 2.05) is 0 Å². The molecule has 1 amide bonds. The van der Waals surface area contributed by atoms with Gasteiger partial charge in [0.05, 0.1) is 25.2 Å². The van der Waals surface area contributed by atoms with Crippen molar-refractivity contribution in [3.05, 3.63) is 36.5 Å². The quantitative estimate of drug-likeness (QED) is 0.0245. The number of unbranched alkanes of at least 4 members (excludes halogenated alkanes) is 34. The first-order chi connectivity index (χ1) is 31.5. The van der Waals surface area contributed by atoms with E-state index in [9.17, 15) is 19.8 Å². The number of carbonyl (C=O) groups excluding carboxylic acids is 2. The first-order valence-electron chi connectivity index (χ1n) is 28.2. The normalized spacial score (nSPS) is 13.4. The summed E-state index contributed by atoms with van der Waals surface area (Å²) in [4.78, 5) is 26.2. The molecule has 0 spiro atoms. The number of carbonyl (C=O) groups is 2. The van der Waals surface area contributed by atoms with Gasteiger partial charge in [0, 0.05) is 6.42 Å². The highest BCUT2D eigenvalue weighted by atomic mass is 16.5. The van der Waals surface area contributed by atoms with E-state index in [0.717, 1.165) is 70.6 Å². The maximum atomic E-state index is 13.2. The van der Waals surface area contributed by atoms with E-state index in [2.05, 4.69) is 62.5 Å². The van der Waals surface area contributed by atoms with E-state index < -0.39 is 18.2 Å². The number of ether oxygens (including phenoxy) is 1. The molecule has 0 bridgehead atoms. The Balaban J connectivity index is 4.54. The zero-order valence-corrected chi connectivity index (χ0v) is 42.9. The van der Waals surface area contributed by atoms with Crippen LogP contribution in [0.1, 0.15) is 297 Å². The monoisotopic (exact) mass is 900 g/mol. The molecule has 3 N–H and O–H groups in total. The minimum Gasteiger partial charge on any atom is -0.462 e. The summed E-state index contributed by atoms with van der Waals surface area (Å²) in [5.41, 5.74) is 0. The Morgan fingerprint density at radius 3 is 1.23 bits per heavy atom. The van der Waals surface area contributed by atoms with Crippen LogP contribution in [0.15, 0.2) is 36.5 Å². The van der Waals surface area contributed by atoms with Gasteiger partial charge in [-0.1, -0.05) is 250 Å². The van der Waals surface area contributed by atoms with Gasteiger partial charge in [0.15, 0.2) is 0 Å². The lowest BCUT2D eigenvalue weighted by molar-refractivity contribution is -0.151. The van der Waals surface area contributed by atoms with Crippen LogP contribution in [0.3, 0.4) is 0 Å². The van der Waals surface area contributed by atoms with E-state index in [0.29, 0.717) is 19.3 Å². The standard InChI is InChI=1S/C58H109NO5/c1-4-7-10-13-16-19-22-25-27-29-30-32-35-38-41-44-47-50-56(61)55(53-60)59-57(62)52-54(49-46-43-40-37-34-24-21-18-15-12-9-6-3)64-58(63)51-48-45-42-39-36-33-31-28-26-23-20-17-14-11-8-5-2/h28,31,33,36-37,40,54-56,60-61H,4-27,29-30,32,34-35,38-39,41-53H2,1-3H3,(H,59,62)/b31-28+,36-33+,40-37-. The summed E-state index contributed by atoms with van der Waals surface area (Å²) in [6, 6.07) is -0.714. The predicted molar refractivity (Wildman–Crippen MR) is 278 cm³/mol. The fourth-order valence-corrected chi connectivity index (χ4v) is 8.66. The predicted octanol–water partition coefficient (Wildman–Crippen LogP) is 17.2. The second-order valence-electron chi connectivity index (χ2n) is 19.4. The van der Waals surface area contributed by atoms with Gasteiger partial charge in [-0.15, -0.1) is 0 Å². The van der Waals surface area contributed by atoms with E-state index in [1.54, 1.807) is 0 Å². The number of hydrogen-bond donors (Lipinski definition) is 3. The lowest BCUT2D eigenvalue weighted by atomic mass is 10.0. The van der Waals surface area contributed by atoms with Crippen LogP contribution in [-0.4, -0.2) is 46.9 Å². The second kappa shape index (κ2) is 52.1. The maximum absolute atomic E-state index is 13.2. The van der Waals surface area contributed by atoms with Gasteiger partial charge in [-0.2, -0.15) is 0 Å². The van der Waals surface area contributed by atoms with Crippen LogP contribution in [0.25, 0.3) is 0 Å². The van der Waals surface area contributed by atoms with Crippen LogP contribution >= 0.6 is 0 Å². The summed E-state index contributed by atoms with van der Waals surface area (Å²) in [5, 5.41) is 23.8. The average Bonchev–Trinajstić information content (AvgIpc) is 3.29. The summed E-state index contributed by atoms with van der Waals surface area (Å²) in [6.07, 6.45) is 62.1. The molecule has 0 aliphatic carbocycles. The molecule has 0 saturated carbocycles. The third-order valence-corrected chi connectivity index (χ3v) is 13.0. The Morgan fingerprint density at radius 1 is 0.453 bits per heavy atom. The third kappa shape index (κ3) is 46.6. The van der Waals surface area contributed by atoms with Crippen molar-refractivity contribution < 1.29 is 24.5 Å². The van der Waals surface area contributed by atoms with Gasteiger partial charge in [-0.05, 0) is 70.6 Å². The molecular formula is C58H109NO5. The zero-order chi connectivity index (χ0) is 46.7. The van der Waals surface area contributed by atoms with Crippen LogP contribution in [0.5, 0.6) is 0 Å². The number of aliphatic hydroxyl groups is 2. The molecule has 6 nitrogen and oxygen atoms in total. The molecule has 3 unspecified atom stereocenters. The lowest BCUT2D eigenvalue weighted by Gasteiger charge is -2.24. The number of hydrogen-bond acceptors (Lipinski definition) is 5. The molecule has 0 aromatic carbocycles. The number of amides is 1. The molecular weight excluding hydrogens is 791 g/mol. The largest absolute Gasteiger partial charge is 0.462 e. The molecule has 64 heavy (non-hydrogen) atoms. The summed E-state index contributed by atoms with van der Waals surface area (Å²) >= 11 is 0. The SMILES string of the molecule is CCCCCCCCC/C=C\CCCC(CC(=O)NC(CO)C(O)CCCCCCCCCCCCCCCCCCC)OC(=O)CCCCC/C=C/C=C/CCCCCCCCC. The van der Waals surface area contributed by atoms with Crippen molar-refractivity contribution in [2.24, 2.45) is 0 Å². The minimum atomic E-state index is -0.798. The molecule has 0 aliphatic rings. The van der Waals surface area contributed by atoms with E-state index in [1.165, 1.54) is 180 Å². The van der Waals surface area contributed by atoms with Crippen LogP contribution in [0, 0.1) is 0 Å². The number of rotatable bonds is 51. The van der Waals surface area contributed by atoms with Crippen LogP contribution in [0.2, 0.25) is 0 Å². The van der Waals surface area contributed by atoms with Gasteiger partial charge in [0.1, 0.15) is 6.10 Å². The van der Waals surface area contributed by atoms with Gasteiger partial charge < -0.3 is 20.3 Å². The fraction of sp³-hybridized carbons (Fsp3) is 0.862. The van der Waals surface area contributed by atoms with Gasteiger partial charge >= 0.3 is 5.97 Å². The third-order valence-electron chi connectivity index (χ3n) is 13.0. The Labute approximate surface area is 398 Å². The van der Waals surface area contributed by atoms with Crippen molar-refractivity contribution in [1.82, 2.24) is 5.32 Å². The Morgan fingerprint density at radius 2 is 0.812 bits per heavy atom. The van der Waals surface area contributed by atoms with Gasteiger partial charge in [-0.3, -0.25) is 9.59 Å². The highest BCUT2D eigenvalue weighted by Crippen LogP contribution is 2.18. The molecule has 0 aromatic rings. The molecule has 0 heterocycles. The second-order valence-corrected chi connectivity index (χ2v) is 19.4. The van der Waals surface area contributed by atoms with Crippen molar-refractivity contribution in [3.8, 4) is 0 Å². The molecule has 6 heteroatoms. The zero-order valence-electron chi connectivity index (χ0n) is 42.9. The molecule has 0 saturated heterocycles. The van der Waals surface area contributed by atoms with E-state index >= 15 is 0 Å². The average molecular weight is 901 g/mol. The van der Waals surface area contributed by atoms with Crippen LogP contribution < -0.4 is 5.32 Å². The highest BCUT2D eigenvalue weighted by molar-refractivity contribution is 5.77. The van der Waals surface area contributed by atoms with E-state index in [4.69, 9.17) is 4.74 Å². The number of esters is 1. The first kappa shape index (κ1) is 62.1. The lowest BCUT2D eigenvalue weighted by Crippen LogP contribution is -2.46. The molecule has 376 valence electrons. The molecule has 0 rings (SSSR count). The van der Waals surface area contributed by atoms with Crippen molar-refractivity contribution in [2.75, 3.05) is 6.61 Å². The smallest absolute Gasteiger partial charge is 0.306 e. The Bertz CT molecular complexity index is 1060. The van der Waals surface area contributed by atoms with Crippen molar-refractivity contribution >= 4 is 11.9 Å². The summed E-state index contributed by atoms with van der Waals surface area (Å²) in [5.74, 6) is -0.523. The Hall–Kier alpha value is -1.92. The maximum Gasteiger partial charge on any atom is 0.306 e. The Kier molecular flexibility index (Phi) is 50.5. The summed E-state index contributed by atoms with van der Waals surface area (Å²) < 4.78 is 5.92. The number of allylic oxidation sites excluding steroid dienone is 6. The van der Waals surface area contributed by atoms with Gasteiger partial charge in [0.25, 0.3) is 0 Å². The first-order valence-corrected chi connectivity index (χ1v) is 28.2. The van der Waals surface area contributed by atoms with E-state index in [-0.39, 0.29) is 24.9 Å². The van der Waals surface area contributed by atoms with Crippen molar-refractivity contribution in [1.29, 1.82) is 0 Å². The summed E-state index contributed by atoms with van der Waals surface area (Å²) in [6.45, 7) is 6.49. The molecule has 0 aliphatic heterocycles. The van der Waals surface area contributed by atoms with Gasteiger partial charge in [-0.25, -0.2) is 0 Å². The van der Waals surface area contributed by atoms with Gasteiger partial charge in [0.2, 0.25) is 5.91 Å². The molecule has 0 aromatic heterocycles. The van der Waals surface area contributed by atoms with Crippen molar-refractivity contribution in [2.45, 2.75) is 315 Å².